The van der Waals surface area contributed by atoms with Crippen LogP contribution in [0.15, 0.2) is 72.9 Å². The van der Waals surface area contributed by atoms with Crippen LogP contribution in [0.2, 0.25) is 0 Å². The second kappa shape index (κ2) is 17.5. The van der Waals surface area contributed by atoms with Gasteiger partial charge in [-0.15, -0.1) is 0 Å². The standard InChI is InChI=1S/C47H58N8O5/c1-32-28-35(8-15-42(32)54-27-21-43(56)55(45(54)57)30-33-6-13-40(59-5)14-7-33)34-16-22-51(23-17-34)39-19-25-52(26-20-39)38-11-9-37(10-12-38)49-44-48-29-36-18-24-53(31-41(36)50-44)46(58)60-47(2,3)4/h6-15,28-29,34,39H,16-27,30-31H2,1-5H3,(H,48,49,50). The first-order valence-corrected chi connectivity index (χ1v) is 21.4. The Labute approximate surface area is 353 Å². The van der Waals surface area contributed by atoms with Crippen LogP contribution in [-0.4, -0.2) is 101 Å². The molecule has 0 atom stereocenters. The number of carbonyl (C=O) groups excluding carboxylic acids is 3. The lowest BCUT2D eigenvalue weighted by Gasteiger charge is -2.42. The van der Waals surface area contributed by atoms with Crippen molar-refractivity contribution >= 4 is 41.0 Å². The van der Waals surface area contributed by atoms with Gasteiger partial charge in [0, 0.05) is 61.9 Å². The number of urea groups is 1. The summed E-state index contributed by atoms with van der Waals surface area (Å²) in [4.78, 5) is 58.5. The van der Waals surface area contributed by atoms with Crippen molar-refractivity contribution in [3.63, 3.8) is 0 Å². The van der Waals surface area contributed by atoms with E-state index in [-0.39, 0.29) is 24.6 Å². The van der Waals surface area contributed by atoms with Crippen molar-refractivity contribution in [1.29, 1.82) is 0 Å². The third-order valence-corrected chi connectivity index (χ3v) is 12.4. The first-order valence-electron chi connectivity index (χ1n) is 21.4. The zero-order valence-electron chi connectivity index (χ0n) is 35.7. The van der Waals surface area contributed by atoms with Crippen molar-refractivity contribution in [1.82, 2.24) is 24.7 Å². The fourth-order valence-electron chi connectivity index (χ4n) is 9.04. The summed E-state index contributed by atoms with van der Waals surface area (Å²) in [6, 6.07) is 22.9. The summed E-state index contributed by atoms with van der Waals surface area (Å²) in [7, 11) is 1.62. The van der Waals surface area contributed by atoms with Crippen molar-refractivity contribution in [3.05, 3.63) is 101 Å². The Kier molecular flexibility index (Phi) is 12.0. The smallest absolute Gasteiger partial charge is 0.410 e. The summed E-state index contributed by atoms with van der Waals surface area (Å²) >= 11 is 0. The van der Waals surface area contributed by atoms with E-state index in [1.165, 1.54) is 16.2 Å². The molecule has 1 N–H and O–H groups in total. The number of nitrogens with one attached hydrogen (secondary N) is 1. The van der Waals surface area contributed by atoms with Crippen LogP contribution in [0.5, 0.6) is 5.75 Å². The number of carbonyl (C=O) groups is 3. The summed E-state index contributed by atoms with van der Waals surface area (Å²) in [5.74, 6) is 1.61. The van der Waals surface area contributed by atoms with E-state index in [4.69, 9.17) is 14.5 Å². The quantitative estimate of drug-likeness (QED) is 0.178. The third-order valence-electron chi connectivity index (χ3n) is 12.4. The molecule has 0 spiro atoms. The number of anilines is 4. The molecule has 0 saturated carbocycles. The highest BCUT2D eigenvalue weighted by Gasteiger charge is 2.35. The van der Waals surface area contributed by atoms with Gasteiger partial charge in [0.2, 0.25) is 11.9 Å². The van der Waals surface area contributed by atoms with Crippen molar-refractivity contribution < 1.29 is 23.9 Å². The SMILES string of the molecule is COc1ccc(CN2C(=O)CCN(c3ccc(C4CCN(C5CCN(c6ccc(Nc7ncc8c(n7)CN(C(=O)OC(C)(C)C)CC8)cc6)CC5)CC4)cc3C)C2=O)cc1. The Balaban J connectivity index is 0.799. The molecule has 13 nitrogen and oxygen atoms in total. The number of nitrogens with zero attached hydrogens (tertiary/aromatic N) is 7. The summed E-state index contributed by atoms with van der Waals surface area (Å²) < 4.78 is 10.8. The lowest BCUT2D eigenvalue weighted by atomic mass is 9.87. The lowest BCUT2D eigenvalue weighted by Crippen LogP contribution is -2.52. The number of likely N-dealkylation sites (tertiary alicyclic amines) is 1. The Morgan fingerprint density at radius 3 is 2.28 bits per heavy atom. The number of imide groups is 1. The average molecular weight is 815 g/mol. The summed E-state index contributed by atoms with van der Waals surface area (Å²) in [5, 5.41) is 3.35. The molecule has 3 fully saturated rings. The molecule has 60 heavy (non-hydrogen) atoms. The molecular formula is C47H58N8O5. The third kappa shape index (κ3) is 9.36. The number of ether oxygens (including phenoxy) is 2. The van der Waals surface area contributed by atoms with Crippen LogP contribution in [-0.2, 0) is 29.0 Å². The van der Waals surface area contributed by atoms with Crippen LogP contribution >= 0.6 is 0 Å². The number of fused-ring (bicyclic) bond motifs is 1. The maximum atomic E-state index is 13.6. The monoisotopic (exact) mass is 814 g/mol. The number of hydrogen-bond acceptors (Lipinski definition) is 10. The van der Waals surface area contributed by atoms with Gasteiger partial charge >= 0.3 is 12.1 Å². The predicted molar refractivity (Wildman–Crippen MR) is 233 cm³/mol. The Hall–Kier alpha value is -5.69. The van der Waals surface area contributed by atoms with E-state index in [0.29, 0.717) is 50.4 Å². The van der Waals surface area contributed by atoms with Crippen molar-refractivity contribution in [2.24, 2.45) is 0 Å². The minimum atomic E-state index is -0.540. The highest BCUT2D eigenvalue weighted by atomic mass is 16.6. The maximum absolute atomic E-state index is 13.6. The fourth-order valence-corrected chi connectivity index (χ4v) is 9.04. The minimum absolute atomic E-state index is 0.142. The molecular weight excluding hydrogens is 757 g/mol. The molecule has 4 aromatic rings. The number of rotatable bonds is 9. The Bertz CT molecular complexity index is 2170. The van der Waals surface area contributed by atoms with Gasteiger partial charge in [-0.25, -0.2) is 19.6 Å². The molecule has 4 amide bonds. The highest BCUT2D eigenvalue weighted by molar-refractivity contribution is 6.06. The van der Waals surface area contributed by atoms with Crippen LogP contribution < -0.4 is 19.9 Å². The molecule has 4 aliphatic rings. The second-order valence-corrected chi connectivity index (χ2v) is 17.6. The molecule has 0 radical (unpaired) electrons. The van der Waals surface area contributed by atoms with E-state index in [1.807, 2.05) is 51.2 Å². The van der Waals surface area contributed by atoms with Gasteiger partial charge in [0.25, 0.3) is 0 Å². The Morgan fingerprint density at radius 1 is 0.867 bits per heavy atom. The molecule has 0 bridgehead atoms. The van der Waals surface area contributed by atoms with E-state index in [9.17, 15) is 14.4 Å². The topological polar surface area (TPSA) is 124 Å². The zero-order chi connectivity index (χ0) is 42.0. The normalized spacial score (nSPS) is 18.4. The first kappa shape index (κ1) is 41.1. The number of aromatic nitrogens is 2. The molecule has 0 aliphatic carbocycles. The molecule has 3 saturated heterocycles. The van der Waals surface area contributed by atoms with Gasteiger partial charge < -0.3 is 29.5 Å². The number of piperidine rings is 2. The average Bonchev–Trinajstić information content (AvgIpc) is 3.25. The predicted octanol–water partition coefficient (Wildman–Crippen LogP) is 8.04. The number of amides is 4. The van der Waals surface area contributed by atoms with E-state index >= 15 is 0 Å². The Morgan fingerprint density at radius 2 is 1.60 bits per heavy atom. The zero-order valence-corrected chi connectivity index (χ0v) is 35.7. The highest BCUT2D eigenvalue weighted by Crippen LogP contribution is 2.35. The van der Waals surface area contributed by atoms with Crippen molar-refractivity contribution in [2.75, 3.05) is 61.5 Å². The van der Waals surface area contributed by atoms with E-state index in [0.717, 1.165) is 91.4 Å². The van der Waals surface area contributed by atoms with Gasteiger partial charge in [-0.3, -0.25) is 14.6 Å². The number of benzene rings is 3. The van der Waals surface area contributed by atoms with Crippen molar-refractivity contribution in [2.45, 2.75) is 96.9 Å². The molecule has 13 heteroatoms. The number of hydrogen-bond donors (Lipinski definition) is 1. The molecule has 0 unspecified atom stereocenters. The van der Waals surface area contributed by atoms with Gasteiger partial charge in [-0.2, -0.15) is 0 Å². The largest absolute Gasteiger partial charge is 0.497 e. The minimum Gasteiger partial charge on any atom is -0.497 e. The molecule has 316 valence electrons. The fraction of sp³-hybridized carbons (Fsp3) is 0.468. The summed E-state index contributed by atoms with van der Waals surface area (Å²) in [5.41, 5.74) is 7.68. The van der Waals surface area contributed by atoms with Crippen LogP contribution in [0.25, 0.3) is 0 Å². The molecule has 4 aliphatic heterocycles. The van der Waals surface area contributed by atoms with Gasteiger partial charge in [0.15, 0.2) is 0 Å². The van der Waals surface area contributed by atoms with E-state index in [2.05, 4.69) is 69.5 Å². The van der Waals surface area contributed by atoms with Crippen LogP contribution in [0.3, 0.4) is 0 Å². The first-order chi connectivity index (χ1) is 28.9. The van der Waals surface area contributed by atoms with Crippen molar-refractivity contribution in [3.8, 4) is 5.75 Å². The lowest BCUT2D eigenvalue weighted by molar-refractivity contribution is -0.129. The van der Waals surface area contributed by atoms with Crippen LogP contribution in [0, 0.1) is 6.92 Å². The van der Waals surface area contributed by atoms with E-state index < -0.39 is 5.60 Å². The van der Waals surface area contributed by atoms with E-state index in [1.54, 1.807) is 16.9 Å². The van der Waals surface area contributed by atoms with Gasteiger partial charge in [-0.05, 0) is 144 Å². The molecule has 5 heterocycles. The van der Waals surface area contributed by atoms with Gasteiger partial charge in [0.05, 0.1) is 25.9 Å². The summed E-state index contributed by atoms with van der Waals surface area (Å²) in [6.07, 6.45) is 7.08. The van der Waals surface area contributed by atoms with Gasteiger partial charge in [-0.1, -0.05) is 24.3 Å². The molecule has 1 aromatic heterocycles. The van der Waals surface area contributed by atoms with Crippen LogP contribution in [0.4, 0.5) is 32.6 Å². The maximum Gasteiger partial charge on any atom is 0.410 e. The number of methoxy groups -OCH3 is 1. The van der Waals surface area contributed by atoms with Crippen LogP contribution in [0.1, 0.15) is 86.7 Å². The molecule has 8 rings (SSSR count). The van der Waals surface area contributed by atoms with Gasteiger partial charge in [0.1, 0.15) is 11.4 Å². The number of aryl methyl sites for hydroxylation is 1. The molecule has 3 aromatic carbocycles. The second-order valence-electron chi connectivity index (χ2n) is 17.6. The summed E-state index contributed by atoms with van der Waals surface area (Å²) in [6.45, 7) is 13.6.